The van der Waals surface area contributed by atoms with Gasteiger partial charge in [-0.05, 0) is 18.2 Å². The van der Waals surface area contributed by atoms with Crippen molar-refractivity contribution in [3.63, 3.8) is 0 Å². The van der Waals surface area contributed by atoms with Gasteiger partial charge in [-0.1, -0.05) is 17.9 Å². The molecular formula is C13H14N4O3S. The molecule has 0 aliphatic heterocycles. The number of hydrogen-bond donors (Lipinski definition) is 3. The van der Waals surface area contributed by atoms with Gasteiger partial charge in [-0.25, -0.2) is 18.1 Å². The fraction of sp³-hybridized carbons (Fsp3) is 0.231. The first kappa shape index (κ1) is 15.2. The molecule has 7 nitrogen and oxygen atoms in total. The zero-order valence-corrected chi connectivity index (χ0v) is 11.9. The summed E-state index contributed by atoms with van der Waals surface area (Å²) in [6, 6.07) is 6.29. The van der Waals surface area contributed by atoms with Crippen LogP contribution in [0, 0.1) is 11.8 Å². The second-order valence-electron chi connectivity index (χ2n) is 4.06. The van der Waals surface area contributed by atoms with Crippen LogP contribution in [0.1, 0.15) is 17.8 Å². The van der Waals surface area contributed by atoms with Gasteiger partial charge in [0, 0.05) is 12.0 Å². The SMILES string of the molecule is O=S(=O)(NCc1ncn[nH]1)c1cccc(C#CCCO)c1. The molecule has 8 heteroatoms. The number of aromatic nitrogens is 3. The lowest BCUT2D eigenvalue weighted by molar-refractivity contribution is 0.305. The molecule has 3 N–H and O–H groups in total. The van der Waals surface area contributed by atoms with E-state index in [1.165, 1.54) is 18.5 Å². The molecule has 1 aromatic carbocycles. The summed E-state index contributed by atoms with van der Waals surface area (Å²) in [4.78, 5) is 3.96. The first-order chi connectivity index (χ1) is 10.1. The Morgan fingerprint density at radius 2 is 2.24 bits per heavy atom. The number of sulfonamides is 1. The number of nitrogens with one attached hydrogen (secondary N) is 2. The van der Waals surface area contributed by atoms with Crippen molar-refractivity contribution in [3.05, 3.63) is 42.0 Å². The van der Waals surface area contributed by atoms with Crippen molar-refractivity contribution in [2.75, 3.05) is 6.61 Å². The Labute approximate surface area is 122 Å². The monoisotopic (exact) mass is 306 g/mol. The summed E-state index contributed by atoms with van der Waals surface area (Å²) in [5.74, 6) is 5.97. The number of aliphatic hydroxyl groups is 1. The largest absolute Gasteiger partial charge is 0.395 e. The van der Waals surface area contributed by atoms with Gasteiger partial charge in [-0.2, -0.15) is 5.10 Å². The average Bonchev–Trinajstić information content (AvgIpc) is 2.99. The van der Waals surface area contributed by atoms with E-state index in [0.717, 1.165) is 0 Å². The van der Waals surface area contributed by atoms with Crippen LogP contribution in [0.4, 0.5) is 0 Å². The number of H-pyrrole nitrogens is 1. The van der Waals surface area contributed by atoms with Gasteiger partial charge in [0.1, 0.15) is 12.2 Å². The predicted molar refractivity (Wildman–Crippen MR) is 75.4 cm³/mol. The molecule has 0 saturated carbocycles. The molecule has 0 aliphatic rings. The van der Waals surface area contributed by atoms with Gasteiger partial charge in [0.05, 0.1) is 18.0 Å². The molecule has 0 aliphatic carbocycles. The van der Waals surface area contributed by atoms with Crippen LogP contribution in [0.5, 0.6) is 0 Å². The molecular weight excluding hydrogens is 292 g/mol. The van der Waals surface area contributed by atoms with Crippen molar-refractivity contribution >= 4 is 10.0 Å². The predicted octanol–water partition coefficient (Wildman–Crippen LogP) is 0.0171. The molecule has 0 unspecified atom stereocenters. The molecule has 21 heavy (non-hydrogen) atoms. The summed E-state index contributed by atoms with van der Waals surface area (Å²) in [6.07, 6.45) is 1.65. The minimum Gasteiger partial charge on any atom is -0.395 e. The topological polar surface area (TPSA) is 108 Å². The van der Waals surface area contributed by atoms with Crippen LogP contribution in [0.2, 0.25) is 0 Å². The molecule has 2 aromatic rings. The first-order valence-corrected chi connectivity index (χ1v) is 7.64. The van der Waals surface area contributed by atoms with Gasteiger partial charge in [0.2, 0.25) is 10.0 Å². The molecule has 0 fully saturated rings. The van der Waals surface area contributed by atoms with Gasteiger partial charge in [0.25, 0.3) is 0 Å². The number of rotatable bonds is 5. The summed E-state index contributed by atoms with van der Waals surface area (Å²) >= 11 is 0. The molecule has 0 amide bonds. The molecule has 110 valence electrons. The Bertz CT molecular complexity index is 745. The second-order valence-corrected chi connectivity index (χ2v) is 5.83. The molecule has 1 heterocycles. The summed E-state index contributed by atoms with van der Waals surface area (Å²) < 4.78 is 26.7. The van der Waals surface area contributed by atoms with Gasteiger partial charge in [0.15, 0.2) is 0 Å². The van der Waals surface area contributed by atoms with Gasteiger partial charge < -0.3 is 5.11 Å². The molecule has 1 aromatic heterocycles. The summed E-state index contributed by atoms with van der Waals surface area (Å²) in [5.41, 5.74) is 0.575. The van der Waals surface area contributed by atoms with E-state index >= 15 is 0 Å². The normalized spacial score (nSPS) is 10.9. The van der Waals surface area contributed by atoms with Crippen LogP contribution < -0.4 is 4.72 Å². The lowest BCUT2D eigenvalue weighted by Gasteiger charge is -2.05. The third-order valence-corrected chi connectivity index (χ3v) is 3.91. The fourth-order valence-corrected chi connectivity index (χ4v) is 2.56. The molecule has 0 atom stereocenters. The van der Waals surface area contributed by atoms with Crippen LogP contribution in [-0.4, -0.2) is 35.3 Å². The number of aromatic amines is 1. The number of nitrogens with zero attached hydrogens (tertiary/aromatic N) is 2. The van der Waals surface area contributed by atoms with E-state index in [1.807, 2.05) is 0 Å². The van der Waals surface area contributed by atoms with Crippen molar-refractivity contribution in [1.82, 2.24) is 19.9 Å². The van der Waals surface area contributed by atoms with Crippen LogP contribution in [0.25, 0.3) is 0 Å². The summed E-state index contributed by atoms with van der Waals surface area (Å²) in [5, 5.41) is 14.9. The van der Waals surface area contributed by atoms with Gasteiger partial charge in [-0.15, -0.1) is 0 Å². The summed E-state index contributed by atoms with van der Waals surface area (Å²) in [7, 11) is -3.64. The highest BCUT2D eigenvalue weighted by atomic mass is 32.2. The van der Waals surface area contributed by atoms with E-state index in [2.05, 4.69) is 31.7 Å². The lowest BCUT2D eigenvalue weighted by atomic mass is 10.2. The quantitative estimate of drug-likeness (QED) is 0.675. The molecule has 0 radical (unpaired) electrons. The van der Waals surface area contributed by atoms with E-state index in [1.54, 1.807) is 12.1 Å². The van der Waals surface area contributed by atoms with Crippen LogP contribution >= 0.6 is 0 Å². The number of hydrogen-bond acceptors (Lipinski definition) is 5. The van der Waals surface area contributed by atoms with Crippen LogP contribution in [0.15, 0.2) is 35.5 Å². The lowest BCUT2D eigenvalue weighted by Crippen LogP contribution is -2.23. The highest BCUT2D eigenvalue weighted by molar-refractivity contribution is 7.89. The van der Waals surface area contributed by atoms with Gasteiger partial charge >= 0.3 is 0 Å². The Hall–Kier alpha value is -2.21. The third-order valence-electron chi connectivity index (χ3n) is 2.51. The van der Waals surface area contributed by atoms with Crippen molar-refractivity contribution in [3.8, 4) is 11.8 Å². The minimum atomic E-state index is -3.64. The Morgan fingerprint density at radius 3 is 2.95 bits per heavy atom. The highest BCUT2D eigenvalue weighted by Gasteiger charge is 2.14. The smallest absolute Gasteiger partial charge is 0.241 e. The summed E-state index contributed by atoms with van der Waals surface area (Å²) in [6.45, 7) is 0.00643. The maximum Gasteiger partial charge on any atom is 0.241 e. The number of aliphatic hydroxyl groups excluding tert-OH is 1. The second kappa shape index (κ2) is 6.99. The number of benzene rings is 1. The van der Waals surface area contributed by atoms with E-state index in [9.17, 15) is 8.42 Å². The maximum atomic E-state index is 12.1. The minimum absolute atomic E-state index is 0.0241. The molecule has 0 spiro atoms. The standard InChI is InChI=1S/C13H14N4O3S/c18-7-2-1-4-11-5-3-6-12(8-11)21(19,20)16-9-13-14-10-15-17-13/h3,5-6,8,10,16,18H,2,7,9H2,(H,14,15,17). The molecule has 0 bridgehead atoms. The Balaban J connectivity index is 2.12. The van der Waals surface area contributed by atoms with E-state index < -0.39 is 10.0 Å². The van der Waals surface area contributed by atoms with Crippen LogP contribution in [0.3, 0.4) is 0 Å². The van der Waals surface area contributed by atoms with Gasteiger partial charge in [-0.3, -0.25) is 5.10 Å². The molecule has 0 saturated heterocycles. The van der Waals surface area contributed by atoms with Crippen molar-refractivity contribution in [1.29, 1.82) is 0 Å². The van der Waals surface area contributed by atoms with Crippen molar-refractivity contribution in [2.24, 2.45) is 0 Å². The zero-order valence-electron chi connectivity index (χ0n) is 11.1. The first-order valence-electron chi connectivity index (χ1n) is 6.15. The Morgan fingerprint density at radius 1 is 1.38 bits per heavy atom. The van der Waals surface area contributed by atoms with Crippen molar-refractivity contribution < 1.29 is 13.5 Å². The average molecular weight is 306 g/mol. The third kappa shape index (κ3) is 4.39. The Kier molecular flexibility index (Phi) is 5.05. The van der Waals surface area contributed by atoms with Crippen LogP contribution in [-0.2, 0) is 16.6 Å². The maximum absolute atomic E-state index is 12.1. The van der Waals surface area contributed by atoms with E-state index in [-0.39, 0.29) is 18.0 Å². The fourth-order valence-electron chi connectivity index (χ4n) is 1.52. The zero-order chi connectivity index (χ0) is 15.1. The van der Waals surface area contributed by atoms with E-state index in [4.69, 9.17) is 5.11 Å². The molecule has 2 rings (SSSR count). The van der Waals surface area contributed by atoms with E-state index in [0.29, 0.717) is 17.8 Å². The van der Waals surface area contributed by atoms with Crippen molar-refractivity contribution in [2.45, 2.75) is 17.9 Å². The highest BCUT2D eigenvalue weighted by Crippen LogP contribution is 2.11.